The highest BCUT2D eigenvalue weighted by molar-refractivity contribution is 6.31. The Morgan fingerprint density at radius 1 is 1.43 bits per heavy atom. The van der Waals surface area contributed by atoms with E-state index in [-0.39, 0.29) is 10.6 Å². The van der Waals surface area contributed by atoms with Gasteiger partial charge >= 0.3 is 0 Å². The number of phenols is 2. The third-order valence-electron chi connectivity index (χ3n) is 2.46. The molecule has 2 rings (SSSR count). The van der Waals surface area contributed by atoms with Crippen molar-refractivity contribution in [2.75, 3.05) is 0 Å². The minimum atomic E-state index is -0.865. The second-order valence-electron chi connectivity index (χ2n) is 3.57. The molecule has 1 saturated carbocycles. The molecule has 1 aliphatic carbocycles. The van der Waals surface area contributed by atoms with E-state index in [0.717, 1.165) is 6.07 Å². The summed E-state index contributed by atoms with van der Waals surface area (Å²) in [6.07, 6.45) is 1.16. The van der Waals surface area contributed by atoms with Crippen molar-refractivity contribution in [2.45, 2.75) is 18.4 Å². The number of aromatic hydroxyl groups is 2. The average molecular weight is 218 g/mol. The molecule has 14 heavy (non-hydrogen) atoms. The van der Waals surface area contributed by atoms with Gasteiger partial charge in [0.05, 0.1) is 10.6 Å². The van der Waals surface area contributed by atoms with Crippen LogP contribution in [-0.4, -0.2) is 10.2 Å². The summed E-state index contributed by atoms with van der Waals surface area (Å²) >= 11 is 5.52. The van der Waals surface area contributed by atoms with Crippen molar-refractivity contribution in [3.05, 3.63) is 22.5 Å². The molecule has 0 spiro atoms. The number of rotatable bonds is 1. The van der Waals surface area contributed by atoms with E-state index in [2.05, 4.69) is 0 Å². The van der Waals surface area contributed by atoms with Crippen LogP contribution in [0.1, 0.15) is 18.4 Å². The molecule has 76 valence electrons. The number of hydrogen-bond donors (Lipinski definition) is 3. The Morgan fingerprint density at radius 2 is 2.00 bits per heavy atom. The van der Waals surface area contributed by atoms with Crippen molar-refractivity contribution < 1.29 is 14.6 Å². The molecule has 0 bridgehead atoms. The zero-order valence-electron chi connectivity index (χ0n) is 7.22. The molecule has 0 saturated heterocycles. The topological polar surface area (TPSA) is 66.5 Å². The van der Waals surface area contributed by atoms with Crippen molar-refractivity contribution in [2.24, 2.45) is 5.73 Å². The maximum atomic E-state index is 13.5. The number of hydrogen-bond acceptors (Lipinski definition) is 3. The van der Waals surface area contributed by atoms with Gasteiger partial charge in [0.1, 0.15) is 0 Å². The molecule has 1 fully saturated rings. The van der Waals surface area contributed by atoms with E-state index in [1.807, 2.05) is 0 Å². The van der Waals surface area contributed by atoms with Gasteiger partial charge in [0.2, 0.25) is 0 Å². The Bertz CT molecular complexity index is 378. The average Bonchev–Trinajstić information content (AvgIpc) is 2.81. The monoisotopic (exact) mass is 217 g/mol. The molecule has 1 aromatic carbocycles. The summed E-state index contributed by atoms with van der Waals surface area (Å²) < 4.78 is 13.5. The summed E-state index contributed by atoms with van der Waals surface area (Å²) in [6, 6.07) is 0.960. The van der Waals surface area contributed by atoms with Crippen LogP contribution in [0.25, 0.3) is 0 Å². The Balaban J connectivity index is 2.68. The molecule has 1 aliphatic rings. The van der Waals surface area contributed by atoms with Crippen LogP contribution in [0.2, 0.25) is 5.02 Å². The summed E-state index contributed by atoms with van der Waals surface area (Å²) in [5.41, 5.74) is 4.79. The predicted octanol–water partition coefficient (Wildman–Crippen LogP) is 1.84. The first-order valence-corrected chi connectivity index (χ1v) is 4.53. The smallest absolute Gasteiger partial charge is 0.165 e. The maximum absolute atomic E-state index is 13.5. The van der Waals surface area contributed by atoms with Crippen LogP contribution in [0.3, 0.4) is 0 Å². The van der Waals surface area contributed by atoms with Gasteiger partial charge in [-0.05, 0) is 12.8 Å². The van der Waals surface area contributed by atoms with Crippen molar-refractivity contribution in [1.82, 2.24) is 0 Å². The molecule has 0 amide bonds. The summed E-state index contributed by atoms with van der Waals surface area (Å²) in [5, 5.41) is 18.5. The zero-order chi connectivity index (χ0) is 10.5. The van der Waals surface area contributed by atoms with Crippen LogP contribution >= 0.6 is 11.6 Å². The zero-order valence-corrected chi connectivity index (χ0v) is 7.98. The van der Waals surface area contributed by atoms with Gasteiger partial charge in [-0.15, -0.1) is 0 Å². The minimum absolute atomic E-state index is 0.0810. The molecule has 4 N–H and O–H groups in total. The minimum Gasteiger partial charge on any atom is -0.504 e. The summed E-state index contributed by atoms with van der Waals surface area (Å²) in [4.78, 5) is 0. The summed E-state index contributed by atoms with van der Waals surface area (Å²) in [7, 11) is 0. The van der Waals surface area contributed by atoms with Gasteiger partial charge in [-0.25, -0.2) is 4.39 Å². The molecular weight excluding hydrogens is 209 g/mol. The van der Waals surface area contributed by atoms with E-state index in [4.69, 9.17) is 17.3 Å². The molecule has 0 unspecified atom stereocenters. The largest absolute Gasteiger partial charge is 0.504 e. The van der Waals surface area contributed by atoms with Gasteiger partial charge < -0.3 is 15.9 Å². The van der Waals surface area contributed by atoms with Crippen LogP contribution in [0, 0.1) is 5.82 Å². The number of nitrogens with two attached hydrogens (primary N) is 1. The Labute approximate surface area is 84.9 Å². The van der Waals surface area contributed by atoms with E-state index in [0.29, 0.717) is 12.8 Å². The van der Waals surface area contributed by atoms with Crippen molar-refractivity contribution in [3.63, 3.8) is 0 Å². The molecule has 5 heteroatoms. The molecule has 0 aliphatic heterocycles. The van der Waals surface area contributed by atoms with Gasteiger partial charge in [0.25, 0.3) is 0 Å². The van der Waals surface area contributed by atoms with Crippen LogP contribution in [0.15, 0.2) is 6.07 Å². The van der Waals surface area contributed by atoms with Crippen LogP contribution < -0.4 is 5.73 Å². The second-order valence-corrected chi connectivity index (χ2v) is 3.98. The quantitative estimate of drug-likeness (QED) is 0.629. The third-order valence-corrected chi connectivity index (χ3v) is 2.73. The Kier molecular flexibility index (Phi) is 1.87. The van der Waals surface area contributed by atoms with Gasteiger partial charge in [0.15, 0.2) is 17.3 Å². The number of phenolic OH excluding ortho intramolecular Hbond substituents is 2. The molecular formula is C9H9ClFNO2. The maximum Gasteiger partial charge on any atom is 0.165 e. The van der Waals surface area contributed by atoms with Gasteiger partial charge in [-0.3, -0.25) is 0 Å². The van der Waals surface area contributed by atoms with Gasteiger partial charge in [-0.1, -0.05) is 11.6 Å². The Hall–Kier alpha value is -1.00. The normalized spacial score (nSPS) is 18.2. The fourth-order valence-corrected chi connectivity index (χ4v) is 1.64. The van der Waals surface area contributed by atoms with E-state index < -0.39 is 22.9 Å². The molecule has 0 aromatic heterocycles. The van der Waals surface area contributed by atoms with Crippen molar-refractivity contribution in [1.29, 1.82) is 0 Å². The highest BCUT2D eigenvalue weighted by Gasteiger charge is 2.45. The molecule has 0 heterocycles. The SMILES string of the molecule is NC1(c2c(O)c(O)cc(Cl)c2F)CC1. The molecule has 1 aromatic rings. The first-order valence-electron chi connectivity index (χ1n) is 4.15. The highest BCUT2D eigenvalue weighted by atomic mass is 35.5. The van der Waals surface area contributed by atoms with Gasteiger partial charge in [-0.2, -0.15) is 0 Å². The highest BCUT2D eigenvalue weighted by Crippen LogP contribution is 2.51. The second kappa shape index (κ2) is 2.74. The van der Waals surface area contributed by atoms with Crippen molar-refractivity contribution >= 4 is 11.6 Å². The summed E-state index contributed by atoms with van der Waals surface area (Å²) in [6.45, 7) is 0. The van der Waals surface area contributed by atoms with Crippen LogP contribution in [0.5, 0.6) is 11.5 Å². The first-order chi connectivity index (χ1) is 6.46. The summed E-state index contributed by atoms with van der Waals surface area (Å²) in [5.74, 6) is -1.70. The lowest BCUT2D eigenvalue weighted by molar-refractivity contribution is 0.387. The number of benzene rings is 1. The fourth-order valence-electron chi connectivity index (χ4n) is 1.44. The van der Waals surface area contributed by atoms with Crippen LogP contribution in [0.4, 0.5) is 4.39 Å². The Morgan fingerprint density at radius 3 is 2.50 bits per heavy atom. The van der Waals surface area contributed by atoms with E-state index >= 15 is 0 Å². The van der Waals surface area contributed by atoms with Crippen LogP contribution in [-0.2, 0) is 5.54 Å². The lowest BCUT2D eigenvalue weighted by atomic mass is 10.0. The number of halogens is 2. The molecule has 0 atom stereocenters. The van der Waals surface area contributed by atoms with E-state index in [1.165, 1.54) is 0 Å². The lowest BCUT2D eigenvalue weighted by Gasteiger charge is -2.14. The van der Waals surface area contributed by atoms with Gasteiger partial charge in [0, 0.05) is 11.6 Å². The lowest BCUT2D eigenvalue weighted by Crippen LogP contribution is -2.20. The van der Waals surface area contributed by atoms with E-state index in [9.17, 15) is 14.6 Å². The predicted molar refractivity (Wildman–Crippen MR) is 49.8 cm³/mol. The first kappa shape index (κ1) is 9.55. The molecule has 3 nitrogen and oxygen atoms in total. The molecule has 0 radical (unpaired) electrons. The fraction of sp³-hybridized carbons (Fsp3) is 0.333. The standard InChI is InChI=1S/C9H9ClFNO2/c10-4-3-5(13)8(14)6(7(4)11)9(12)1-2-9/h3,13-14H,1-2,12H2. The third kappa shape index (κ3) is 1.22. The van der Waals surface area contributed by atoms with E-state index in [1.54, 1.807) is 0 Å². The van der Waals surface area contributed by atoms with Crippen molar-refractivity contribution in [3.8, 4) is 11.5 Å².